The third-order valence-corrected chi connectivity index (χ3v) is 3.47. The van der Waals surface area contributed by atoms with Gasteiger partial charge >= 0.3 is 0 Å². The van der Waals surface area contributed by atoms with Crippen molar-refractivity contribution in [2.24, 2.45) is 0 Å². The van der Waals surface area contributed by atoms with Gasteiger partial charge in [-0.25, -0.2) is 0 Å². The molecule has 0 bridgehead atoms. The van der Waals surface area contributed by atoms with Gasteiger partial charge in [0.1, 0.15) is 18.1 Å². The van der Waals surface area contributed by atoms with Crippen LogP contribution in [-0.4, -0.2) is 12.4 Å². The summed E-state index contributed by atoms with van der Waals surface area (Å²) in [6.07, 6.45) is 0. The molecule has 2 rings (SSSR count). The molecule has 0 radical (unpaired) electrons. The SMILES string of the molecule is CC(=O)C1(C)COc2c(Br)cccc21. The Kier molecular flexibility index (Phi) is 2.14. The van der Waals surface area contributed by atoms with Gasteiger partial charge in [-0.15, -0.1) is 0 Å². The number of hydrogen-bond acceptors (Lipinski definition) is 2. The molecular weight excluding hydrogens is 244 g/mol. The predicted molar refractivity (Wildman–Crippen MR) is 57.7 cm³/mol. The quantitative estimate of drug-likeness (QED) is 0.771. The van der Waals surface area contributed by atoms with Crippen LogP contribution in [0.5, 0.6) is 5.75 Å². The molecular formula is C11H11BrO2. The van der Waals surface area contributed by atoms with E-state index >= 15 is 0 Å². The molecule has 0 amide bonds. The molecule has 0 aromatic heterocycles. The first-order valence-electron chi connectivity index (χ1n) is 4.48. The maximum Gasteiger partial charge on any atom is 0.143 e. The molecule has 1 unspecified atom stereocenters. The second kappa shape index (κ2) is 3.09. The zero-order valence-electron chi connectivity index (χ0n) is 8.13. The van der Waals surface area contributed by atoms with Crippen molar-refractivity contribution in [3.63, 3.8) is 0 Å². The van der Waals surface area contributed by atoms with Crippen LogP contribution in [0.1, 0.15) is 19.4 Å². The second-order valence-electron chi connectivity index (χ2n) is 3.79. The summed E-state index contributed by atoms with van der Waals surface area (Å²) in [5.74, 6) is 0.958. The summed E-state index contributed by atoms with van der Waals surface area (Å²) in [5.41, 5.74) is 0.512. The lowest BCUT2D eigenvalue weighted by Gasteiger charge is -2.18. The first-order valence-corrected chi connectivity index (χ1v) is 5.28. The maximum atomic E-state index is 11.5. The number of fused-ring (bicyclic) bond motifs is 1. The number of Topliss-reactive ketones (excluding diaryl/α,β-unsaturated/α-hetero) is 1. The van der Waals surface area contributed by atoms with Crippen LogP contribution in [0.25, 0.3) is 0 Å². The molecule has 0 fully saturated rings. The van der Waals surface area contributed by atoms with Crippen LogP contribution < -0.4 is 4.74 Å². The highest BCUT2D eigenvalue weighted by molar-refractivity contribution is 9.10. The minimum Gasteiger partial charge on any atom is -0.491 e. The van der Waals surface area contributed by atoms with Gasteiger partial charge in [-0.2, -0.15) is 0 Å². The van der Waals surface area contributed by atoms with E-state index in [0.29, 0.717) is 6.61 Å². The maximum absolute atomic E-state index is 11.5. The third-order valence-electron chi connectivity index (χ3n) is 2.84. The van der Waals surface area contributed by atoms with Crippen molar-refractivity contribution in [2.75, 3.05) is 6.61 Å². The van der Waals surface area contributed by atoms with E-state index in [1.807, 2.05) is 25.1 Å². The number of ether oxygens (including phenoxy) is 1. The largest absolute Gasteiger partial charge is 0.491 e. The topological polar surface area (TPSA) is 26.3 Å². The molecule has 1 aromatic carbocycles. The zero-order valence-corrected chi connectivity index (χ0v) is 9.72. The van der Waals surface area contributed by atoms with Crippen molar-refractivity contribution in [1.29, 1.82) is 0 Å². The molecule has 1 aliphatic rings. The van der Waals surface area contributed by atoms with Gasteiger partial charge in [0.15, 0.2) is 0 Å². The molecule has 1 aromatic rings. The Balaban J connectivity index is 2.60. The van der Waals surface area contributed by atoms with Crippen molar-refractivity contribution in [1.82, 2.24) is 0 Å². The molecule has 0 aliphatic carbocycles. The fourth-order valence-electron chi connectivity index (χ4n) is 1.68. The van der Waals surface area contributed by atoms with E-state index < -0.39 is 5.41 Å². The average molecular weight is 255 g/mol. The van der Waals surface area contributed by atoms with Crippen LogP contribution in [-0.2, 0) is 10.2 Å². The van der Waals surface area contributed by atoms with E-state index in [4.69, 9.17) is 4.74 Å². The van der Waals surface area contributed by atoms with Gasteiger partial charge < -0.3 is 4.74 Å². The van der Waals surface area contributed by atoms with Crippen LogP contribution in [0.2, 0.25) is 0 Å². The van der Waals surface area contributed by atoms with Gasteiger partial charge in [-0.05, 0) is 35.8 Å². The van der Waals surface area contributed by atoms with E-state index in [-0.39, 0.29) is 5.78 Å². The number of hydrogen-bond donors (Lipinski definition) is 0. The molecule has 0 saturated carbocycles. The predicted octanol–water partition coefficient (Wildman–Crippen LogP) is 2.69. The fourth-order valence-corrected chi connectivity index (χ4v) is 2.16. The smallest absolute Gasteiger partial charge is 0.143 e. The Morgan fingerprint density at radius 2 is 2.29 bits per heavy atom. The van der Waals surface area contributed by atoms with E-state index in [1.54, 1.807) is 6.92 Å². The molecule has 1 atom stereocenters. The van der Waals surface area contributed by atoms with Crippen molar-refractivity contribution < 1.29 is 9.53 Å². The van der Waals surface area contributed by atoms with Crippen LogP contribution in [0.15, 0.2) is 22.7 Å². The van der Waals surface area contributed by atoms with Crippen LogP contribution in [0, 0.1) is 0 Å². The highest BCUT2D eigenvalue weighted by Gasteiger charge is 2.41. The molecule has 0 saturated heterocycles. The summed E-state index contributed by atoms with van der Waals surface area (Å²) in [7, 11) is 0. The van der Waals surface area contributed by atoms with Crippen molar-refractivity contribution in [3.05, 3.63) is 28.2 Å². The lowest BCUT2D eigenvalue weighted by atomic mass is 9.81. The Hall–Kier alpha value is -0.830. The van der Waals surface area contributed by atoms with Gasteiger partial charge in [0.25, 0.3) is 0 Å². The third kappa shape index (κ3) is 1.19. The molecule has 14 heavy (non-hydrogen) atoms. The molecule has 1 heterocycles. The minimum atomic E-state index is -0.473. The first-order chi connectivity index (χ1) is 6.55. The Morgan fingerprint density at radius 3 is 2.93 bits per heavy atom. The number of carbonyl (C=O) groups excluding carboxylic acids is 1. The van der Waals surface area contributed by atoms with Crippen LogP contribution in [0.3, 0.4) is 0 Å². The van der Waals surface area contributed by atoms with E-state index in [1.165, 1.54) is 0 Å². The van der Waals surface area contributed by atoms with Crippen molar-refractivity contribution in [2.45, 2.75) is 19.3 Å². The summed E-state index contributed by atoms with van der Waals surface area (Å²) in [6.45, 7) is 3.98. The first kappa shape index (κ1) is 9.71. The van der Waals surface area contributed by atoms with Crippen LogP contribution in [0.4, 0.5) is 0 Å². The van der Waals surface area contributed by atoms with Crippen molar-refractivity contribution >= 4 is 21.7 Å². The average Bonchev–Trinajstić information content (AvgIpc) is 2.47. The van der Waals surface area contributed by atoms with E-state index in [9.17, 15) is 4.79 Å². The number of ketones is 1. The highest BCUT2D eigenvalue weighted by Crippen LogP contribution is 2.43. The Morgan fingerprint density at radius 1 is 1.57 bits per heavy atom. The van der Waals surface area contributed by atoms with Gasteiger partial charge in [-0.3, -0.25) is 4.79 Å². The number of carbonyl (C=O) groups is 1. The molecule has 2 nitrogen and oxygen atoms in total. The van der Waals surface area contributed by atoms with Gasteiger partial charge in [0, 0.05) is 5.56 Å². The normalized spacial score (nSPS) is 24.2. The van der Waals surface area contributed by atoms with Gasteiger partial charge in [-0.1, -0.05) is 12.1 Å². The lowest BCUT2D eigenvalue weighted by Crippen LogP contribution is -2.31. The van der Waals surface area contributed by atoms with Gasteiger partial charge in [0.05, 0.1) is 9.89 Å². The minimum absolute atomic E-state index is 0.148. The van der Waals surface area contributed by atoms with Crippen molar-refractivity contribution in [3.8, 4) is 5.75 Å². The second-order valence-corrected chi connectivity index (χ2v) is 4.65. The summed E-state index contributed by atoms with van der Waals surface area (Å²) in [4.78, 5) is 11.5. The zero-order chi connectivity index (χ0) is 10.3. The summed E-state index contributed by atoms with van der Waals surface area (Å²) >= 11 is 3.41. The molecule has 0 N–H and O–H groups in total. The van der Waals surface area contributed by atoms with Crippen LogP contribution >= 0.6 is 15.9 Å². The number of benzene rings is 1. The molecule has 1 aliphatic heterocycles. The summed E-state index contributed by atoms with van der Waals surface area (Å²) in [5, 5.41) is 0. The number of rotatable bonds is 1. The summed E-state index contributed by atoms with van der Waals surface area (Å²) in [6, 6.07) is 5.80. The van der Waals surface area contributed by atoms with E-state index in [0.717, 1.165) is 15.8 Å². The van der Waals surface area contributed by atoms with Gasteiger partial charge in [0.2, 0.25) is 0 Å². The monoisotopic (exact) mass is 254 g/mol. The molecule has 3 heteroatoms. The fraction of sp³-hybridized carbons (Fsp3) is 0.364. The highest BCUT2D eigenvalue weighted by atomic mass is 79.9. The number of halogens is 1. The summed E-state index contributed by atoms with van der Waals surface area (Å²) < 4.78 is 6.46. The molecule has 0 spiro atoms. The lowest BCUT2D eigenvalue weighted by molar-refractivity contribution is -0.122. The molecule has 74 valence electrons. The Bertz CT molecular complexity index is 400. The standard InChI is InChI=1S/C11H11BrO2/c1-7(13)11(2)6-14-10-8(11)4-3-5-9(10)12/h3-5H,6H2,1-2H3. The number of para-hydroxylation sites is 1. The Labute approximate surface area is 91.4 Å². The van der Waals surface area contributed by atoms with E-state index in [2.05, 4.69) is 15.9 Å².